The average molecular weight is 191 g/mol. The van der Waals surface area contributed by atoms with Crippen molar-refractivity contribution in [3.05, 3.63) is 34.4 Å². The van der Waals surface area contributed by atoms with E-state index in [0.29, 0.717) is 0 Å². The molecule has 1 aromatic carbocycles. The molecule has 1 nitrogen and oxygen atoms in total. The Bertz CT molecular complexity index is 277. The molecule has 1 aromatic rings. The molecule has 0 saturated heterocycles. The molecule has 0 aliphatic carbocycles. The summed E-state index contributed by atoms with van der Waals surface area (Å²) in [6.07, 6.45) is 2.27. The number of nitrogens with one attached hydrogen (secondary N) is 1. The van der Waals surface area contributed by atoms with E-state index in [1.165, 1.54) is 22.3 Å². The van der Waals surface area contributed by atoms with E-state index in [4.69, 9.17) is 0 Å². The van der Waals surface area contributed by atoms with Crippen LogP contribution in [0.25, 0.3) is 0 Å². The standard InChI is InChI=1S/C13H21N/c1-5-12-7-11(9-14-4)8-13(6-2)10(12)3/h7-8,14H,5-6,9H2,1-4H3. The summed E-state index contributed by atoms with van der Waals surface area (Å²) in [7, 11) is 2.00. The van der Waals surface area contributed by atoms with Crippen molar-refractivity contribution >= 4 is 0 Å². The van der Waals surface area contributed by atoms with E-state index in [0.717, 1.165) is 19.4 Å². The van der Waals surface area contributed by atoms with Crippen molar-refractivity contribution in [2.75, 3.05) is 7.05 Å². The smallest absolute Gasteiger partial charge is 0.0202 e. The van der Waals surface area contributed by atoms with Gasteiger partial charge in [0, 0.05) is 6.54 Å². The molecule has 0 saturated carbocycles. The molecule has 0 unspecified atom stereocenters. The van der Waals surface area contributed by atoms with Crippen molar-refractivity contribution in [2.24, 2.45) is 0 Å². The molecule has 0 bridgehead atoms. The van der Waals surface area contributed by atoms with Gasteiger partial charge in [-0.1, -0.05) is 26.0 Å². The van der Waals surface area contributed by atoms with Crippen LogP contribution in [-0.4, -0.2) is 7.05 Å². The maximum atomic E-state index is 3.21. The molecule has 0 atom stereocenters. The predicted octanol–water partition coefficient (Wildman–Crippen LogP) is 2.84. The third kappa shape index (κ3) is 2.36. The minimum atomic E-state index is 0.972. The quantitative estimate of drug-likeness (QED) is 0.771. The Hall–Kier alpha value is -0.820. The van der Waals surface area contributed by atoms with E-state index >= 15 is 0 Å². The summed E-state index contributed by atoms with van der Waals surface area (Å²) >= 11 is 0. The predicted molar refractivity (Wildman–Crippen MR) is 62.7 cm³/mol. The minimum Gasteiger partial charge on any atom is -0.316 e. The third-order valence-corrected chi connectivity index (χ3v) is 2.83. The number of rotatable bonds is 4. The molecule has 0 amide bonds. The summed E-state index contributed by atoms with van der Waals surface area (Å²) in [6.45, 7) is 7.66. The molecule has 0 aromatic heterocycles. The molecule has 1 rings (SSSR count). The second-order valence-corrected chi connectivity index (χ2v) is 3.78. The molecule has 0 heterocycles. The van der Waals surface area contributed by atoms with Gasteiger partial charge in [0.2, 0.25) is 0 Å². The molecule has 78 valence electrons. The highest BCUT2D eigenvalue weighted by atomic mass is 14.8. The molecular formula is C13H21N. The summed E-state index contributed by atoms with van der Waals surface area (Å²) < 4.78 is 0. The summed E-state index contributed by atoms with van der Waals surface area (Å²) in [5, 5.41) is 3.21. The van der Waals surface area contributed by atoms with Crippen molar-refractivity contribution in [2.45, 2.75) is 40.2 Å². The van der Waals surface area contributed by atoms with E-state index in [1.54, 1.807) is 0 Å². The zero-order valence-electron chi connectivity index (χ0n) is 9.78. The first-order valence-corrected chi connectivity index (χ1v) is 5.48. The second kappa shape index (κ2) is 5.16. The average Bonchev–Trinajstić information content (AvgIpc) is 2.20. The Morgan fingerprint density at radius 1 is 1.07 bits per heavy atom. The molecule has 0 radical (unpaired) electrons. The van der Waals surface area contributed by atoms with E-state index in [1.807, 2.05) is 7.05 Å². The van der Waals surface area contributed by atoms with Crippen molar-refractivity contribution in [1.82, 2.24) is 5.32 Å². The van der Waals surface area contributed by atoms with Gasteiger partial charge in [-0.3, -0.25) is 0 Å². The van der Waals surface area contributed by atoms with E-state index in [9.17, 15) is 0 Å². The maximum absolute atomic E-state index is 3.21. The largest absolute Gasteiger partial charge is 0.316 e. The second-order valence-electron chi connectivity index (χ2n) is 3.78. The van der Waals surface area contributed by atoms with Gasteiger partial charge >= 0.3 is 0 Å². The Balaban J connectivity index is 3.11. The third-order valence-electron chi connectivity index (χ3n) is 2.83. The fourth-order valence-corrected chi connectivity index (χ4v) is 1.95. The SMILES string of the molecule is CCc1cc(CNC)cc(CC)c1C. The topological polar surface area (TPSA) is 12.0 Å². The van der Waals surface area contributed by atoms with Crippen LogP contribution in [0.5, 0.6) is 0 Å². The zero-order chi connectivity index (χ0) is 10.6. The van der Waals surface area contributed by atoms with E-state index in [2.05, 4.69) is 38.2 Å². The molecule has 0 aliphatic rings. The van der Waals surface area contributed by atoms with Gasteiger partial charge in [-0.05, 0) is 49.1 Å². The Morgan fingerprint density at radius 3 is 1.93 bits per heavy atom. The van der Waals surface area contributed by atoms with E-state index < -0.39 is 0 Å². The first-order chi connectivity index (χ1) is 6.72. The first-order valence-electron chi connectivity index (χ1n) is 5.48. The summed E-state index contributed by atoms with van der Waals surface area (Å²) in [5.74, 6) is 0. The molecule has 1 N–H and O–H groups in total. The van der Waals surface area contributed by atoms with Gasteiger partial charge in [-0.2, -0.15) is 0 Å². The van der Waals surface area contributed by atoms with Gasteiger partial charge < -0.3 is 5.32 Å². The lowest BCUT2D eigenvalue weighted by atomic mass is 9.96. The van der Waals surface area contributed by atoms with Crippen LogP contribution in [0.1, 0.15) is 36.1 Å². The van der Waals surface area contributed by atoms with Crippen LogP contribution in [-0.2, 0) is 19.4 Å². The first kappa shape index (κ1) is 11.3. The fraction of sp³-hybridized carbons (Fsp3) is 0.538. The maximum Gasteiger partial charge on any atom is 0.0202 e. The van der Waals surface area contributed by atoms with Gasteiger partial charge in [-0.15, -0.1) is 0 Å². The monoisotopic (exact) mass is 191 g/mol. The molecule has 1 heteroatoms. The lowest BCUT2D eigenvalue weighted by Crippen LogP contribution is -2.07. The van der Waals surface area contributed by atoms with Crippen LogP contribution in [0, 0.1) is 6.92 Å². The lowest BCUT2D eigenvalue weighted by molar-refractivity contribution is 0.812. The van der Waals surface area contributed by atoms with Crippen LogP contribution < -0.4 is 5.32 Å². The number of benzene rings is 1. The van der Waals surface area contributed by atoms with Gasteiger partial charge in [0.05, 0.1) is 0 Å². The molecule has 0 fully saturated rings. The van der Waals surface area contributed by atoms with Crippen molar-refractivity contribution in [3.8, 4) is 0 Å². The Kier molecular flexibility index (Phi) is 4.15. The van der Waals surface area contributed by atoms with Crippen LogP contribution in [0.4, 0.5) is 0 Å². The highest BCUT2D eigenvalue weighted by Crippen LogP contribution is 2.18. The highest BCUT2D eigenvalue weighted by Gasteiger charge is 2.04. The van der Waals surface area contributed by atoms with Gasteiger partial charge in [0.15, 0.2) is 0 Å². The Labute approximate surface area is 87.5 Å². The lowest BCUT2D eigenvalue weighted by Gasteiger charge is -2.12. The van der Waals surface area contributed by atoms with Gasteiger partial charge in [0.1, 0.15) is 0 Å². The Morgan fingerprint density at radius 2 is 1.57 bits per heavy atom. The number of hydrogen-bond donors (Lipinski definition) is 1. The summed E-state index contributed by atoms with van der Waals surface area (Å²) in [4.78, 5) is 0. The summed E-state index contributed by atoms with van der Waals surface area (Å²) in [5.41, 5.74) is 5.88. The van der Waals surface area contributed by atoms with Crippen LogP contribution >= 0.6 is 0 Å². The number of hydrogen-bond acceptors (Lipinski definition) is 1. The molecule has 0 aliphatic heterocycles. The normalized spacial score (nSPS) is 10.6. The van der Waals surface area contributed by atoms with E-state index in [-0.39, 0.29) is 0 Å². The summed E-state index contributed by atoms with van der Waals surface area (Å²) in [6, 6.07) is 4.65. The molecule has 14 heavy (non-hydrogen) atoms. The van der Waals surface area contributed by atoms with Gasteiger partial charge in [0.25, 0.3) is 0 Å². The minimum absolute atomic E-state index is 0.972. The zero-order valence-corrected chi connectivity index (χ0v) is 9.78. The molecular weight excluding hydrogens is 170 g/mol. The highest BCUT2D eigenvalue weighted by molar-refractivity contribution is 5.38. The molecule has 0 spiro atoms. The van der Waals surface area contributed by atoms with Crippen molar-refractivity contribution in [3.63, 3.8) is 0 Å². The van der Waals surface area contributed by atoms with Crippen LogP contribution in [0.3, 0.4) is 0 Å². The van der Waals surface area contributed by atoms with Gasteiger partial charge in [-0.25, -0.2) is 0 Å². The number of aryl methyl sites for hydroxylation is 2. The van der Waals surface area contributed by atoms with Crippen LogP contribution in [0.15, 0.2) is 12.1 Å². The van der Waals surface area contributed by atoms with Crippen molar-refractivity contribution in [1.29, 1.82) is 0 Å². The fourth-order valence-electron chi connectivity index (χ4n) is 1.95. The van der Waals surface area contributed by atoms with Crippen LogP contribution in [0.2, 0.25) is 0 Å². The van der Waals surface area contributed by atoms with Crippen molar-refractivity contribution < 1.29 is 0 Å².